The molecular formula is C12H15F3N2O3S. The van der Waals surface area contributed by atoms with Gasteiger partial charge in [0.25, 0.3) is 0 Å². The zero-order valence-corrected chi connectivity index (χ0v) is 12.0. The largest absolute Gasteiger partial charge is 0.389 e. The minimum Gasteiger partial charge on any atom is -0.274 e. The highest BCUT2D eigenvalue weighted by molar-refractivity contribution is 7.91. The van der Waals surface area contributed by atoms with Crippen LogP contribution >= 0.6 is 0 Å². The highest BCUT2D eigenvalue weighted by atomic mass is 32.2. The van der Waals surface area contributed by atoms with Crippen LogP contribution < -0.4 is 9.03 Å². The molecule has 5 nitrogen and oxygen atoms in total. The van der Waals surface area contributed by atoms with Gasteiger partial charge in [0, 0.05) is 13.0 Å². The van der Waals surface area contributed by atoms with Gasteiger partial charge in [-0.2, -0.15) is 21.6 Å². The zero-order chi connectivity index (χ0) is 16.1. The fourth-order valence-corrected chi connectivity index (χ4v) is 2.83. The minimum absolute atomic E-state index is 0.0336. The normalized spacial score (nSPS) is 12.0. The first-order valence-electron chi connectivity index (χ1n) is 6.11. The number of halogens is 3. The monoisotopic (exact) mass is 324 g/mol. The molecule has 0 atom stereocenters. The number of rotatable bonds is 6. The van der Waals surface area contributed by atoms with E-state index in [9.17, 15) is 26.4 Å². The van der Waals surface area contributed by atoms with Crippen LogP contribution in [0, 0.1) is 0 Å². The fraction of sp³-hybridized carbons (Fsp3) is 0.417. The lowest BCUT2D eigenvalue weighted by atomic mass is 10.3. The Kier molecular flexibility index (Phi) is 5.59. The molecular weight excluding hydrogens is 309 g/mol. The number of amides is 1. The highest BCUT2D eigenvalue weighted by Gasteiger charge is 2.30. The molecule has 0 aliphatic heterocycles. The predicted octanol–water partition coefficient (Wildman–Crippen LogP) is 2.22. The number of nitrogens with zero attached hydrogens (tertiary/aromatic N) is 1. The van der Waals surface area contributed by atoms with Gasteiger partial charge in [-0.3, -0.25) is 9.10 Å². The Morgan fingerprint density at radius 1 is 1.24 bits per heavy atom. The van der Waals surface area contributed by atoms with Gasteiger partial charge in [0.15, 0.2) is 0 Å². The van der Waals surface area contributed by atoms with Crippen molar-refractivity contribution in [3.05, 3.63) is 30.3 Å². The molecule has 1 aromatic carbocycles. The van der Waals surface area contributed by atoms with Gasteiger partial charge in [0.1, 0.15) is 0 Å². The molecule has 0 unspecified atom stereocenters. The van der Waals surface area contributed by atoms with Crippen molar-refractivity contribution in [2.75, 3.05) is 10.8 Å². The molecule has 0 spiro atoms. The van der Waals surface area contributed by atoms with Crippen LogP contribution in [0.2, 0.25) is 0 Å². The number of carbonyl (C=O) groups excluding carboxylic acids is 1. The van der Waals surface area contributed by atoms with Crippen LogP contribution in [0.3, 0.4) is 0 Å². The number of hydrogen-bond acceptors (Lipinski definition) is 3. The summed E-state index contributed by atoms with van der Waals surface area (Å²) in [7, 11) is -4.23. The molecule has 0 fully saturated rings. The van der Waals surface area contributed by atoms with E-state index in [2.05, 4.69) is 0 Å². The third-order valence-corrected chi connectivity index (χ3v) is 4.03. The number of alkyl halides is 3. The van der Waals surface area contributed by atoms with Crippen LogP contribution in [0.25, 0.3) is 0 Å². The fourth-order valence-electron chi connectivity index (χ4n) is 1.59. The van der Waals surface area contributed by atoms with E-state index in [1.165, 1.54) is 12.1 Å². The average molecular weight is 324 g/mol. The second-order valence-electron chi connectivity index (χ2n) is 4.15. The Hall–Kier alpha value is -1.77. The van der Waals surface area contributed by atoms with E-state index in [-0.39, 0.29) is 6.54 Å². The van der Waals surface area contributed by atoms with Crippen molar-refractivity contribution < 1.29 is 26.4 Å². The summed E-state index contributed by atoms with van der Waals surface area (Å²) in [6, 6.07) is 7.94. The summed E-state index contributed by atoms with van der Waals surface area (Å²) < 4.78 is 62.6. The zero-order valence-electron chi connectivity index (χ0n) is 11.2. The van der Waals surface area contributed by atoms with Gasteiger partial charge in [-0.05, 0) is 19.1 Å². The summed E-state index contributed by atoms with van der Waals surface area (Å²) in [5.74, 6) is -1.19. The van der Waals surface area contributed by atoms with E-state index < -0.39 is 35.1 Å². The minimum atomic E-state index is -4.51. The Balaban J connectivity index is 2.78. The standard InChI is InChI=1S/C12H15F3N2O3S/c1-2-17(10-6-4-3-5-7-10)21(19,20)16-11(18)8-9-12(13,14)15/h3-7H,2,8-9H2,1H3,(H,16,18). The third kappa shape index (κ3) is 5.62. The summed E-state index contributed by atoms with van der Waals surface area (Å²) in [6.07, 6.45) is -6.81. The maximum absolute atomic E-state index is 12.0. The smallest absolute Gasteiger partial charge is 0.274 e. The van der Waals surface area contributed by atoms with Crippen LogP contribution in [0.5, 0.6) is 0 Å². The SMILES string of the molecule is CCN(c1ccccc1)S(=O)(=O)NC(=O)CCC(F)(F)F. The highest BCUT2D eigenvalue weighted by Crippen LogP contribution is 2.21. The second kappa shape index (κ2) is 6.79. The summed E-state index contributed by atoms with van der Waals surface area (Å²) >= 11 is 0. The van der Waals surface area contributed by atoms with E-state index in [1.807, 2.05) is 0 Å². The number of para-hydroxylation sites is 1. The molecule has 21 heavy (non-hydrogen) atoms. The number of hydrogen-bond donors (Lipinski definition) is 1. The summed E-state index contributed by atoms with van der Waals surface area (Å²) in [5.41, 5.74) is 0.316. The van der Waals surface area contributed by atoms with Crippen molar-refractivity contribution in [3.63, 3.8) is 0 Å². The molecule has 0 radical (unpaired) electrons. The second-order valence-corrected chi connectivity index (χ2v) is 5.74. The molecule has 0 saturated carbocycles. The molecule has 0 aromatic heterocycles. The van der Waals surface area contributed by atoms with Crippen LogP contribution in [-0.2, 0) is 15.0 Å². The Bertz CT molecular complexity index is 573. The molecule has 0 heterocycles. The first-order valence-corrected chi connectivity index (χ1v) is 7.55. The lowest BCUT2D eigenvalue weighted by molar-refractivity contribution is -0.143. The first-order chi connectivity index (χ1) is 9.65. The van der Waals surface area contributed by atoms with Gasteiger partial charge in [-0.1, -0.05) is 18.2 Å². The van der Waals surface area contributed by atoms with Gasteiger partial charge in [0.05, 0.1) is 12.1 Å². The number of benzene rings is 1. The molecule has 0 aliphatic carbocycles. The van der Waals surface area contributed by atoms with Crippen LogP contribution in [0.1, 0.15) is 19.8 Å². The van der Waals surface area contributed by atoms with Gasteiger partial charge >= 0.3 is 16.4 Å². The van der Waals surface area contributed by atoms with E-state index in [4.69, 9.17) is 0 Å². The summed E-state index contributed by atoms with van der Waals surface area (Å²) in [4.78, 5) is 11.3. The van der Waals surface area contributed by atoms with Crippen molar-refractivity contribution in [1.82, 2.24) is 4.72 Å². The molecule has 1 N–H and O–H groups in total. The molecule has 118 valence electrons. The quantitative estimate of drug-likeness (QED) is 0.872. The average Bonchev–Trinajstić information content (AvgIpc) is 2.37. The molecule has 0 saturated heterocycles. The van der Waals surface area contributed by atoms with Crippen molar-refractivity contribution in [2.45, 2.75) is 25.9 Å². The van der Waals surface area contributed by atoms with Crippen LogP contribution in [0.15, 0.2) is 30.3 Å². The van der Waals surface area contributed by atoms with Gasteiger partial charge in [-0.25, -0.2) is 4.72 Å². The van der Waals surface area contributed by atoms with Gasteiger partial charge in [-0.15, -0.1) is 0 Å². The van der Waals surface area contributed by atoms with Crippen molar-refractivity contribution in [3.8, 4) is 0 Å². The third-order valence-electron chi connectivity index (χ3n) is 2.50. The van der Waals surface area contributed by atoms with Gasteiger partial charge < -0.3 is 0 Å². The summed E-state index contributed by atoms with van der Waals surface area (Å²) in [5, 5.41) is 0. The lowest BCUT2D eigenvalue weighted by Crippen LogP contribution is -2.43. The molecule has 0 bridgehead atoms. The van der Waals surface area contributed by atoms with E-state index >= 15 is 0 Å². The van der Waals surface area contributed by atoms with E-state index in [1.54, 1.807) is 29.8 Å². The van der Waals surface area contributed by atoms with Crippen molar-refractivity contribution >= 4 is 21.8 Å². The van der Waals surface area contributed by atoms with Crippen LogP contribution in [0.4, 0.5) is 18.9 Å². The van der Waals surface area contributed by atoms with Gasteiger partial charge in [0.2, 0.25) is 5.91 Å². The van der Waals surface area contributed by atoms with E-state index in [0.717, 1.165) is 4.31 Å². The molecule has 0 aliphatic rings. The maximum atomic E-state index is 12.0. The number of anilines is 1. The van der Waals surface area contributed by atoms with Crippen molar-refractivity contribution in [1.29, 1.82) is 0 Å². The molecule has 1 rings (SSSR count). The Morgan fingerprint density at radius 2 is 1.81 bits per heavy atom. The Morgan fingerprint density at radius 3 is 2.29 bits per heavy atom. The number of nitrogens with one attached hydrogen (secondary N) is 1. The predicted molar refractivity (Wildman–Crippen MR) is 71.8 cm³/mol. The maximum Gasteiger partial charge on any atom is 0.389 e. The molecule has 1 amide bonds. The van der Waals surface area contributed by atoms with Crippen LogP contribution in [-0.4, -0.2) is 27.0 Å². The lowest BCUT2D eigenvalue weighted by Gasteiger charge is -2.22. The molecule has 1 aromatic rings. The Labute approximate surface area is 120 Å². The first kappa shape index (κ1) is 17.3. The van der Waals surface area contributed by atoms with Crippen molar-refractivity contribution in [2.24, 2.45) is 0 Å². The topological polar surface area (TPSA) is 66.5 Å². The molecule has 9 heteroatoms. The van der Waals surface area contributed by atoms with E-state index in [0.29, 0.717) is 5.69 Å². The number of carbonyl (C=O) groups is 1. The summed E-state index contributed by atoms with van der Waals surface area (Å²) in [6.45, 7) is 1.58.